The Morgan fingerprint density at radius 1 is 1.33 bits per heavy atom. The summed E-state index contributed by atoms with van der Waals surface area (Å²) in [6.07, 6.45) is 5.02. The van der Waals surface area contributed by atoms with E-state index in [0.717, 1.165) is 23.4 Å². The SMILES string of the molecule is C=CC1Cc2ccc(C#N)cc2-c2cc(N(C)C)cc[n+]21. The molecule has 1 aromatic heterocycles. The number of allylic oxidation sites excluding steroid dienone is 1. The first-order valence-corrected chi connectivity index (χ1v) is 7.02. The lowest BCUT2D eigenvalue weighted by Gasteiger charge is -2.22. The predicted molar refractivity (Wildman–Crippen MR) is 84.1 cm³/mol. The van der Waals surface area contributed by atoms with Gasteiger partial charge in [0.15, 0.2) is 12.2 Å². The molecule has 3 heteroatoms. The van der Waals surface area contributed by atoms with Crippen LogP contribution in [0.1, 0.15) is 17.2 Å². The Bertz CT molecular complexity index is 754. The summed E-state index contributed by atoms with van der Waals surface area (Å²) in [5.74, 6) is 0. The number of nitriles is 1. The van der Waals surface area contributed by atoms with Crippen LogP contribution in [0.4, 0.5) is 5.69 Å². The van der Waals surface area contributed by atoms with Crippen molar-refractivity contribution >= 4 is 5.69 Å². The zero-order valence-corrected chi connectivity index (χ0v) is 12.4. The summed E-state index contributed by atoms with van der Waals surface area (Å²) in [6.45, 7) is 3.96. The molecule has 0 amide bonds. The van der Waals surface area contributed by atoms with E-state index in [-0.39, 0.29) is 6.04 Å². The molecule has 2 heterocycles. The van der Waals surface area contributed by atoms with Crippen molar-refractivity contribution < 1.29 is 4.57 Å². The lowest BCUT2D eigenvalue weighted by atomic mass is 9.91. The fraction of sp³-hybridized carbons (Fsp3) is 0.222. The van der Waals surface area contributed by atoms with Crippen LogP contribution in [0.15, 0.2) is 49.2 Å². The van der Waals surface area contributed by atoms with E-state index in [0.29, 0.717) is 5.56 Å². The maximum Gasteiger partial charge on any atom is 0.215 e. The maximum atomic E-state index is 9.15. The minimum atomic E-state index is 0.261. The third-order valence-corrected chi connectivity index (χ3v) is 4.06. The molecule has 0 radical (unpaired) electrons. The lowest BCUT2D eigenvalue weighted by molar-refractivity contribution is -0.703. The molecular weight excluding hydrogens is 258 g/mol. The van der Waals surface area contributed by atoms with Crippen LogP contribution in [0.3, 0.4) is 0 Å². The number of anilines is 1. The van der Waals surface area contributed by atoms with Crippen molar-refractivity contribution in [3.05, 3.63) is 60.3 Å². The highest BCUT2D eigenvalue weighted by molar-refractivity contribution is 5.68. The molecule has 1 aliphatic heterocycles. The van der Waals surface area contributed by atoms with Crippen LogP contribution < -0.4 is 9.47 Å². The Kier molecular flexibility index (Phi) is 3.23. The second-order valence-electron chi connectivity index (χ2n) is 5.56. The molecule has 21 heavy (non-hydrogen) atoms. The van der Waals surface area contributed by atoms with E-state index >= 15 is 0 Å². The molecule has 1 atom stereocenters. The highest BCUT2D eigenvalue weighted by Crippen LogP contribution is 2.32. The number of fused-ring (bicyclic) bond motifs is 3. The normalized spacial score (nSPS) is 15.6. The average Bonchev–Trinajstić information content (AvgIpc) is 2.52. The molecule has 0 saturated heterocycles. The van der Waals surface area contributed by atoms with Gasteiger partial charge in [0.1, 0.15) is 0 Å². The second kappa shape index (κ2) is 5.06. The van der Waals surface area contributed by atoms with Gasteiger partial charge in [-0.25, -0.2) is 0 Å². The van der Waals surface area contributed by atoms with Crippen molar-refractivity contribution in [2.75, 3.05) is 19.0 Å². The van der Waals surface area contributed by atoms with Gasteiger partial charge in [0.2, 0.25) is 5.69 Å². The zero-order valence-electron chi connectivity index (χ0n) is 12.4. The van der Waals surface area contributed by atoms with E-state index in [1.807, 2.05) is 32.3 Å². The summed E-state index contributed by atoms with van der Waals surface area (Å²) in [4.78, 5) is 2.09. The Balaban J connectivity index is 2.26. The van der Waals surface area contributed by atoms with Gasteiger partial charge in [0, 0.05) is 38.3 Å². The van der Waals surface area contributed by atoms with Gasteiger partial charge in [0.05, 0.1) is 17.2 Å². The van der Waals surface area contributed by atoms with Gasteiger partial charge in [0.25, 0.3) is 0 Å². The molecule has 0 fully saturated rings. The van der Waals surface area contributed by atoms with Crippen LogP contribution in [0, 0.1) is 11.3 Å². The number of benzene rings is 1. The standard InChI is InChI=1S/C18H18N3/c1-4-15-10-14-6-5-13(12-19)9-17(14)18-11-16(20(2)3)7-8-21(15)18/h4-9,11,15H,1,10H2,2-3H3/q+1. The van der Waals surface area contributed by atoms with Crippen LogP contribution in [-0.4, -0.2) is 14.1 Å². The number of hydrogen-bond acceptors (Lipinski definition) is 2. The fourth-order valence-corrected chi connectivity index (χ4v) is 2.87. The molecule has 104 valence electrons. The Hall–Kier alpha value is -2.60. The lowest BCUT2D eigenvalue weighted by Crippen LogP contribution is -2.44. The summed E-state index contributed by atoms with van der Waals surface area (Å²) in [7, 11) is 4.07. The fourth-order valence-electron chi connectivity index (χ4n) is 2.87. The highest BCUT2D eigenvalue weighted by Gasteiger charge is 2.30. The van der Waals surface area contributed by atoms with Crippen LogP contribution in [0.5, 0.6) is 0 Å². The molecule has 0 N–H and O–H groups in total. The topological polar surface area (TPSA) is 30.9 Å². The highest BCUT2D eigenvalue weighted by atomic mass is 15.1. The molecular formula is C18H18N3+. The van der Waals surface area contributed by atoms with E-state index in [2.05, 4.69) is 46.5 Å². The monoisotopic (exact) mass is 276 g/mol. The van der Waals surface area contributed by atoms with E-state index in [9.17, 15) is 0 Å². The molecule has 0 aliphatic carbocycles. The van der Waals surface area contributed by atoms with Crippen molar-refractivity contribution in [1.82, 2.24) is 0 Å². The van der Waals surface area contributed by atoms with Crippen LogP contribution in [0.25, 0.3) is 11.3 Å². The second-order valence-corrected chi connectivity index (χ2v) is 5.56. The largest absolute Gasteiger partial charge is 0.377 e. The molecule has 1 aliphatic rings. The molecule has 0 spiro atoms. The molecule has 1 unspecified atom stereocenters. The molecule has 0 saturated carbocycles. The van der Waals surface area contributed by atoms with Gasteiger partial charge >= 0.3 is 0 Å². The maximum absolute atomic E-state index is 9.15. The first-order chi connectivity index (χ1) is 10.1. The Morgan fingerprint density at radius 2 is 2.14 bits per heavy atom. The molecule has 3 nitrogen and oxygen atoms in total. The zero-order chi connectivity index (χ0) is 15.0. The minimum Gasteiger partial charge on any atom is -0.377 e. The minimum absolute atomic E-state index is 0.261. The average molecular weight is 276 g/mol. The number of hydrogen-bond donors (Lipinski definition) is 0. The van der Waals surface area contributed by atoms with E-state index in [1.165, 1.54) is 5.56 Å². The van der Waals surface area contributed by atoms with E-state index < -0.39 is 0 Å². The molecule has 1 aromatic carbocycles. The summed E-state index contributed by atoms with van der Waals surface area (Å²) in [5, 5.41) is 9.15. The van der Waals surface area contributed by atoms with Crippen molar-refractivity contribution in [3.63, 3.8) is 0 Å². The smallest absolute Gasteiger partial charge is 0.215 e. The number of pyridine rings is 1. The number of aromatic nitrogens is 1. The van der Waals surface area contributed by atoms with Gasteiger partial charge in [-0.05, 0) is 23.8 Å². The van der Waals surface area contributed by atoms with Crippen molar-refractivity contribution in [2.24, 2.45) is 0 Å². The summed E-state index contributed by atoms with van der Waals surface area (Å²) in [6, 6.07) is 12.7. The van der Waals surface area contributed by atoms with Crippen molar-refractivity contribution in [3.8, 4) is 17.3 Å². The van der Waals surface area contributed by atoms with Crippen LogP contribution in [-0.2, 0) is 6.42 Å². The van der Waals surface area contributed by atoms with Crippen LogP contribution >= 0.6 is 0 Å². The number of rotatable bonds is 2. The third kappa shape index (κ3) is 2.19. The first-order valence-electron chi connectivity index (χ1n) is 7.02. The molecule has 0 bridgehead atoms. The van der Waals surface area contributed by atoms with Crippen molar-refractivity contribution in [2.45, 2.75) is 12.5 Å². The van der Waals surface area contributed by atoms with Gasteiger partial charge in [-0.1, -0.05) is 12.6 Å². The third-order valence-electron chi connectivity index (χ3n) is 4.06. The van der Waals surface area contributed by atoms with Gasteiger partial charge in [-0.2, -0.15) is 9.83 Å². The van der Waals surface area contributed by atoms with Gasteiger partial charge in [-0.3, -0.25) is 0 Å². The quantitative estimate of drug-likeness (QED) is 0.624. The predicted octanol–water partition coefficient (Wildman–Crippen LogP) is 2.86. The summed E-state index contributed by atoms with van der Waals surface area (Å²) >= 11 is 0. The molecule has 3 rings (SSSR count). The first kappa shape index (κ1) is 13.4. The van der Waals surface area contributed by atoms with Crippen LogP contribution in [0.2, 0.25) is 0 Å². The number of nitrogens with zero attached hydrogens (tertiary/aromatic N) is 3. The van der Waals surface area contributed by atoms with Gasteiger partial charge < -0.3 is 4.90 Å². The Morgan fingerprint density at radius 3 is 2.81 bits per heavy atom. The summed E-state index contributed by atoms with van der Waals surface area (Å²) < 4.78 is 2.24. The van der Waals surface area contributed by atoms with Crippen molar-refractivity contribution in [1.29, 1.82) is 5.26 Å². The van der Waals surface area contributed by atoms with E-state index in [1.54, 1.807) is 0 Å². The molecule has 2 aromatic rings. The van der Waals surface area contributed by atoms with E-state index in [4.69, 9.17) is 5.26 Å². The van der Waals surface area contributed by atoms with Gasteiger partial charge in [-0.15, -0.1) is 0 Å². The summed E-state index contributed by atoms with van der Waals surface area (Å²) in [5.41, 5.74) is 5.42. The Labute approximate surface area is 125 Å².